The number of nitrogens with zero attached hydrogens (tertiary/aromatic N) is 1. The second-order valence-corrected chi connectivity index (χ2v) is 12.9. The van der Waals surface area contributed by atoms with Gasteiger partial charge in [0.15, 0.2) is 0 Å². The van der Waals surface area contributed by atoms with Crippen molar-refractivity contribution < 1.29 is 24.5 Å². The zero-order valence-electron chi connectivity index (χ0n) is 29.6. The highest BCUT2D eigenvalue weighted by Crippen LogP contribution is 2.55. The Morgan fingerprint density at radius 1 is 0.577 bits per heavy atom. The van der Waals surface area contributed by atoms with Gasteiger partial charge in [-0.05, 0) is 76.6 Å². The number of anilines is 2. The molecule has 52 heavy (non-hydrogen) atoms. The van der Waals surface area contributed by atoms with Crippen LogP contribution in [0.2, 0.25) is 0 Å². The van der Waals surface area contributed by atoms with Crippen LogP contribution < -0.4 is 14.4 Å². The first-order valence-electron chi connectivity index (χ1n) is 18.0. The summed E-state index contributed by atoms with van der Waals surface area (Å²) < 4.78 is 12.6. The Labute approximate surface area is 305 Å². The molecule has 0 aliphatic carbocycles. The summed E-state index contributed by atoms with van der Waals surface area (Å²) >= 11 is 0. The molecule has 0 fully saturated rings. The lowest BCUT2D eigenvalue weighted by molar-refractivity contribution is -0.120. The van der Waals surface area contributed by atoms with Crippen molar-refractivity contribution in [2.45, 2.75) is 32.1 Å². The molecule has 0 unspecified atom stereocenters. The van der Waals surface area contributed by atoms with Gasteiger partial charge in [0.25, 0.3) is 5.91 Å². The van der Waals surface area contributed by atoms with E-state index in [2.05, 4.69) is 44.2 Å². The van der Waals surface area contributed by atoms with E-state index in [0.717, 1.165) is 61.4 Å². The van der Waals surface area contributed by atoms with Crippen LogP contribution in [0.4, 0.5) is 11.4 Å². The number of ether oxygens (including phenoxy) is 2. The van der Waals surface area contributed by atoms with Gasteiger partial charge in [-0.15, -0.1) is 0 Å². The normalized spacial score (nSPS) is 13.2. The van der Waals surface area contributed by atoms with Gasteiger partial charge in [0.2, 0.25) is 0 Å². The number of hydrogen-bond donors (Lipinski definition) is 2. The summed E-state index contributed by atoms with van der Waals surface area (Å²) in [6, 6.07) is 46.5. The zero-order chi connectivity index (χ0) is 36.1. The Morgan fingerprint density at radius 2 is 1.02 bits per heavy atom. The highest BCUT2D eigenvalue weighted by Gasteiger charge is 2.54. The molecule has 0 spiro atoms. The lowest BCUT2D eigenvalue weighted by atomic mass is 9.68. The molecule has 1 aliphatic heterocycles. The highest BCUT2D eigenvalue weighted by molar-refractivity contribution is 6.17. The average Bonchev–Trinajstić information content (AvgIpc) is 3.47. The molecule has 1 amide bonds. The van der Waals surface area contributed by atoms with E-state index in [4.69, 9.17) is 9.47 Å². The number of aliphatic hydroxyl groups excluding tert-OH is 2. The minimum atomic E-state index is -1.28. The fourth-order valence-corrected chi connectivity index (χ4v) is 7.57. The number of fused-ring (bicyclic) bond motifs is 1. The number of carbonyl (C=O) groups excluding carboxylic acids is 1. The summed E-state index contributed by atoms with van der Waals surface area (Å²) in [4.78, 5) is 17.7. The number of para-hydroxylation sites is 2. The molecule has 0 atom stereocenters. The molecule has 0 radical (unpaired) electrons. The summed E-state index contributed by atoms with van der Waals surface area (Å²) in [5, 5.41) is 19.6. The molecule has 0 bridgehead atoms. The molecule has 0 aromatic heterocycles. The first kappa shape index (κ1) is 34.7. The SMILES string of the molecule is CCc1cc(C2(c3cc(CC)c(OCCO)c(-c4ccccc4)c3)C(=O)N(c3ccccc3)c3ccccc32)cc(-c2ccccc2)c1OCCO. The fourth-order valence-electron chi connectivity index (χ4n) is 7.57. The van der Waals surface area contributed by atoms with Crippen LogP contribution in [0.1, 0.15) is 41.7 Å². The summed E-state index contributed by atoms with van der Waals surface area (Å²) in [6.07, 6.45) is 1.29. The maximum absolute atomic E-state index is 15.9. The van der Waals surface area contributed by atoms with Crippen molar-refractivity contribution in [3.05, 3.63) is 167 Å². The molecule has 262 valence electrons. The Kier molecular flexibility index (Phi) is 10.2. The summed E-state index contributed by atoms with van der Waals surface area (Å²) in [6.45, 7) is 4.24. The highest BCUT2D eigenvalue weighted by atomic mass is 16.5. The largest absolute Gasteiger partial charge is 0.490 e. The second-order valence-electron chi connectivity index (χ2n) is 12.9. The van der Waals surface area contributed by atoms with Crippen LogP contribution in [0.15, 0.2) is 140 Å². The number of aryl methyl sites for hydroxylation is 2. The third-order valence-electron chi connectivity index (χ3n) is 9.89. The molecular formula is C46H43NO5. The summed E-state index contributed by atoms with van der Waals surface area (Å²) in [7, 11) is 0. The van der Waals surface area contributed by atoms with Crippen LogP contribution >= 0.6 is 0 Å². The van der Waals surface area contributed by atoms with Crippen LogP contribution in [0.25, 0.3) is 22.3 Å². The van der Waals surface area contributed by atoms with E-state index in [0.29, 0.717) is 24.3 Å². The molecule has 6 aromatic rings. The molecule has 6 nitrogen and oxygen atoms in total. The van der Waals surface area contributed by atoms with Gasteiger partial charge in [-0.25, -0.2) is 0 Å². The van der Waals surface area contributed by atoms with E-state index >= 15 is 4.79 Å². The van der Waals surface area contributed by atoms with E-state index < -0.39 is 5.41 Å². The second kappa shape index (κ2) is 15.3. The molecule has 1 aliphatic rings. The topological polar surface area (TPSA) is 79.2 Å². The average molecular weight is 690 g/mol. The first-order valence-corrected chi connectivity index (χ1v) is 18.0. The monoisotopic (exact) mass is 689 g/mol. The van der Waals surface area contributed by atoms with Crippen LogP contribution in [0.3, 0.4) is 0 Å². The molecule has 7 rings (SSSR count). The van der Waals surface area contributed by atoms with Crippen molar-refractivity contribution in [3.8, 4) is 33.8 Å². The van der Waals surface area contributed by atoms with Crippen molar-refractivity contribution in [1.29, 1.82) is 0 Å². The number of benzene rings is 6. The lowest BCUT2D eigenvalue weighted by Gasteiger charge is -2.33. The molecule has 2 N–H and O–H groups in total. The number of carbonyl (C=O) groups is 1. The number of aliphatic hydroxyl groups is 2. The van der Waals surface area contributed by atoms with Crippen LogP contribution in [-0.4, -0.2) is 42.5 Å². The Balaban J connectivity index is 1.62. The van der Waals surface area contributed by atoms with Crippen molar-refractivity contribution in [2.75, 3.05) is 31.3 Å². The predicted octanol–water partition coefficient (Wildman–Crippen LogP) is 8.90. The third-order valence-corrected chi connectivity index (χ3v) is 9.89. The zero-order valence-corrected chi connectivity index (χ0v) is 29.6. The maximum Gasteiger partial charge on any atom is 0.251 e. The number of rotatable bonds is 13. The van der Waals surface area contributed by atoms with Crippen LogP contribution in [0.5, 0.6) is 11.5 Å². The lowest BCUT2D eigenvalue weighted by Crippen LogP contribution is -2.41. The minimum Gasteiger partial charge on any atom is -0.490 e. The molecule has 0 saturated carbocycles. The number of amides is 1. The number of hydrogen-bond acceptors (Lipinski definition) is 5. The van der Waals surface area contributed by atoms with Gasteiger partial charge in [0.05, 0.1) is 18.9 Å². The third kappa shape index (κ3) is 6.04. The van der Waals surface area contributed by atoms with Crippen molar-refractivity contribution in [3.63, 3.8) is 0 Å². The standard InChI is InChI=1S/C46H43NO5/c1-3-32-28-36(30-39(43(32)51-26-24-48)34-16-8-5-9-17-34)46(41-22-14-15-23-42(41)47(45(46)50)38-20-12-7-13-21-38)37-29-33(4-2)44(52-27-25-49)40(31-37)35-18-10-6-11-19-35/h5-23,28-31,48-49H,3-4,24-27H2,1-2H3. The fraction of sp³-hybridized carbons (Fsp3) is 0.196. The van der Waals surface area contributed by atoms with Gasteiger partial charge >= 0.3 is 0 Å². The van der Waals surface area contributed by atoms with E-state index in [1.54, 1.807) is 0 Å². The molecule has 1 heterocycles. The molecule has 6 aromatic carbocycles. The van der Waals surface area contributed by atoms with Crippen molar-refractivity contribution in [2.24, 2.45) is 0 Å². The van der Waals surface area contributed by atoms with Gasteiger partial charge < -0.3 is 19.7 Å². The predicted molar refractivity (Wildman–Crippen MR) is 208 cm³/mol. The smallest absolute Gasteiger partial charge is 0.251 e. The van der Waals surface area contributed by atoms with E-state index in [9.17, 15) is 10.2 Å². The molecule has 6 heteroatoms. The molecule has 0 saturated heterocycles. The van der Waals surface area contributed by atoms with Crippen molar-refractivity contribution >= 4 is 17.3 Å². The molecular weight excluding hydrogens is 647 g/mol. The van der Waals surface area contributed by atoms with E-state index in [1.165, 1.54) is 0 Å². The van der Waals surface area contributed by atoms with E-state index in [-0.39, 0.29) is 32.3 Å². The summed E-state index contributed by atoms with van der Waals surface area (Å²) in [5.41, 5.74) is 8.33. The Morgan fingerprint density at radius 3 is 1.48 bits per heavy atom. The van der Waals surface area contributed by atoms with Gasteiger partial charge in [0.1, 0.15) is 30.1 Å². The van der Waals surface area contributed by atoms with E-state index in [1.807, 2.05) is 114 Å². The van der Waals surface area contributed by atoms with Gasteiger partial charge in [0, 0.05) is 22.4 Å². The van der Waals surface area contributed by atoms with Gasteiger partial charge in [-0.1, -0.05) is 123 Å². The van der Waals surface area contributed by atoms with Crippen molar-refractivity contribution in [1.82, 2.24) is 0 Å². The van der Waals surface area contributed by atoms with Gasteiger partial charge in [-0.2, -0.15) is 0 Å². The minimum absolute atomic E-state index is 0.0879. The van der Waals surface area contributed by atoms with Crippen LogP contribution in [0, 0.1) is 0 Å². The van der Waals surface area contributed by atoms with Crippen LogP contribution in [-0.2, 0) is 23.1 Å². The quantitative estimate of drug-likeness (QED) is 0.127. The Hall–Kier alpha value is -5.69. The Bertz CT molecular complexity index is 2060. The maximum atomic E-state index is 15.9. The first-order chi connectivity index (χ1) is 25.6. The summed E-state index contributed by atoms with van der Waals surface area (Å²) in [5.74, 6) is 1.31. The van der Waals surface area contributed by atoms with Gasteiger partial charge in [-0.3, -0.25) is 9.69 Å².